The highest BCUT2D eigenvalue weighted by atomic mass is 19.3. The van der Waals surface area contributed by atoms with Gasteiger partial charge in [-0.25, -0.2) is 0 Å². The van der Waals surface area contributed by atoms with E-state index >= 15 is 0 Å². The zero-order chi connectivity index (χ0) is 20.6. The van der Waals surface area contributed by atoms with Crippen molar-refractivity contribution in [3.8, 4) is 0 Å². The summed E-state index contributed by atoms with van der Waals surface area (Å²) < 4.78 is 121. The largest absolute Gasteiger partial charge is 0.450 e. The molecule has 0 aliphatic rings. The summed E-state index contributed by atoms with van der Waals surface area (Å²) in [6.45, 7) is 1.98. The number of hydrogen-bond donors (Lipinski definition) is 0. The summed E-state index contributed by atoms with van der Waals surface area (Å²) in [6.07, 6.45) is -23.2. The van der Waals surface area contributed by atoms with Crippen molar-refractivity contribution in [2.24, 2.45) is 0 Å². The van der Waals surface area contributed by atoms with Gasteiger partial charge in [0, 0.05) is 0 Å². The van der Waals surface area contributed by atoms with Crippen molar-refractivity contribution >= 4 is 0 Å². The van der Waals surface area contributed by atoms with E-state index in [0.29, 0.717) is 19.8 Å². The number of hydrogen-bond acceptors (Lipinski definition) is 4. The Morgan fingerprint density at radius 2 is 0.923 bits per heavy atom. The molecule has 0 unspecified atom stereocenters. The molecule has 0 aromatic rings. The molecule has 0 aromatic heterocycles. The Labute approximate surface area is 145 Å². The van der Waals surface area contributed by atoms with E-state index in [4.69, 9.17) is 0 Å². The lowest BCUT2D eigenvalue weighted by molar-refractivity contribution is -0.495. The van der Waals surface area contributed by atoms with E-state index in [1.165, 1.54) is 0 Å². The second kappa shape index (κ2) is 10.00. The molecular formula is C14H22F8O4. The van der Waals surface area contributed by atoms with Crippen LogP contribution in [0.5, 0.6) is 0 Å². The van der Waals surface area contributed by atoms with E-state index in [0.717, 1.165) is 0 Å². The van der Waals surface area contributed by atoms with Crippen molar-refractivity contribution in [2.45, 2.75) is 77.2 Å². The van der Waals surface area contributed by atoms with E-state index in [1.807, 2.05) is 0 Å². The molecule has 0 heterocycles. The van der Waals surface area contributed by atoms with Crippen LogP contribution in [0.1, 0.15) is 46.5 Å². The maximum absolute atomic E-state index is 13.4. The number of alkyl halides is 8. The van der Waals surface area contributed by atoms with Crippen LogP contribution in [0.25, 0.3) is 0 Å². The van der Waals surface area contributed by atoms with Crippen molar-refractivity contribution < 1.29 is 54.1 Å². The monoisotopic (exact) mass is 406 g/mol. The topological polar surface area (TPSA) is 36.9 Å². The average molecular weight is 406 g/mol. The van der Waals surface area contributed by atoms with Gasteiger partial charge in [-0.3, -0.25) is 9.47 Å². The summed E-state index contributed by atoms with van der Waals surface area (Å²) in [6, 6.07) is 0. The first-order valence-electron chi connectivity index (χ1n) is 7.87. The fourth-order valence-electron chi connectivity index (χ4n) is 1.44. The summed E-state index contributed by atoms with van der Waals surface area (Å²) in [4.78, 5) is 0. The Morgan fingerprint density at radius 3 is 1.19 bits per heavy atom. The molecule has 0 aromatic carbocycles. The highest BCUT2D eigenvalue weighted by Crippen LogP contribution is 2.41. The standard InChI is InChI=1S/C14H22F8O4/c1-4-6-8-23-11(15,16)13(19,20)25-10(3)26-14(21,22)12(17,18)24-9-7-5-2/h10H,4-9H2,1-3H3. The molecule has 0 aliphatic heterocycles. The Morgan fingerprint density at radius 1 is 0.615 bits per heavy atom. The van der Waals surface area contributed by atoms with Crippen molar-refractivity contribution in [3.63, 3.8) is 0 Å². The van der Waals surface area contributed by atoms with Crippen molar-refractivity contribution in [1.82, 2.24) is 0 Å². The number of rotatable bonds is 14. The van der Waals surface area contributed by atoms with Crippen LogP contribution in [0.15, 0.2) is 0 Å². The summed E-state index contributed by atoms with van der Waals surface area (Å²) >= 11 is 0. The van der Waals surface area contributed by atoms with Crippen LogP contribution in [-0.2, 0) is 18.9 Å². The van der Waals surface area contributed by atoms with Crippen LogP contribution in [0, 0.1) is 0 Å². The highest BCUT2D eigenvalue weighted by molar-refractivity contribution is 4.70. The fourth-order valence-corrected chi connectivity index (χ4v) is 1.44. The van der Waals surface area contributed by atoms with E-state index in [-0.39, 0.29) is 12.8 Å². The van der Waals surface area contributed by atoms with Gasteiger partial charge in [0.1, 0.15) is 0 Å². The number of ether oxygens (including phenoxy) is 4. The molecule has 12 heteroatoms. The predicted molar refractivity (Wildman–Crippen MR) is 73.1 cm³/mol. The summed E-state index contributed by atoms with van der Waals surface area (Å²) in [7, 11) is 0. The third-order valence-corrected chi connectivity index (χ3v) is 2.87. The minimum Gasteiger partial charge on any atom is -0.313 e. The number of unbranched alkanes of at least 4 members (excludes halogenated alkanes) is 2. The average Bonchev–Trinajstić information content (AvgIpc) is 2.45. The van der Waals surface area contributed by atoms with Gasteiger partial charge in [0.2, 0.25) is 0 Å². The summed E-state index contributed by atoms with van der Waals surface area (Å²) in [5.41, 5.74) is 0. The molecule has 26 heavy (non-hydrogen) atoms. The van der Waals surface area contributed by atoms with Crippen molar-refractivity contribution in [2.75, 3.05) is 13.2 Å². The molecule has 0 saturated heterocycles. The maximum Gasteiger partial charge on any atom is 0.450 e. The molecule has 0 amide bonds. The molecule has 4 nitrogen and oxygen atoms in total. The summed E-state index contributed by atoms with van der Waals surface area (Å²) in [5.74, 6) is 0. The Kier molecular flexibility index (Phi) is 9.72. The normalized spacial score (nSPS) is 14.3. The lowest BCUT2D eigenvalue weighted by Crippen LogP contribution is -2.51. The van der Waals surface area contributed by atoms with Crippen molar-refractivity contribution in [3.05, 3.63) is 0 Å². The van der Waals surface area contributed by atoms with Gasteiger partial charge >= 0.3 is 24.4 Å². The smallest absolute Gasteiger partial charge is 0.313 e. The van der Waals surface area contributed by atoms with Gasteiger partial charge in [-0.2, -0.15) is 35.1 Å². The molecule has 0 bridgehead atoms. The molecule has 0 aliphatic carbocycles. The third-order valence-electron chi connectivity index (χ3n) is 2.87. The quantitative estimate of drug-likeness (QED) is 0.221. The van der Waals surface area contributed by atoms with Gasteiger partial charge in [0.05, 0.1) is 13.2 Å². The first-order chi connectivity index (χ1) is 11.7. The van der Waals surface area contributed by atoms with Gasteiger partial charge in [-0.1, -0.05) is 26.7 Å². The van der Waals surface area contributed by atoms with Gasteiger partial charge in [-0.15, -0.1) is 0 Å². The minimum absolute atomic E-state index is 0.0249. The van der Waals surface area contributed by atoms with Gasteiger partial charge < -0.3 is 9.47 Å². The first kappa shape index (κ1) is 25.3. The van der Waals surface area contributed by atoms with Crippen LogP contribution in [0.4, 0.5) is 35.1 Å². The lowest BCUT2D eigenvalue weighted by Gasteiger charge is -2.31. The second-order valence-corrected chi connectivity index (χ2v) is 5.27. The molecule has 0 saturated carbocycles. The molecule has 0 N–H and O–H groups in total. The maximum atomic E-state index is 13.4. The Bertz CT molecular complexity index is 370. The molecule has 0 radical (unpaired) electrons. The van der Waals surface area contributed by atoms with Crippen LogP contribution in [0.3, 0.4) is 0 Å². The Hall–Kier alpha value is -0.720. The molecule has 0 fully saturated rings. The molecule has 0 atom stereocenters. The van der Waals surface area contributed by atoms with Crippen LogP contribution in [0.2, 0.25) is 0 Å². The van der Waals surface area contributed by atoms with E-state index in [9.17, 15) is 35.1 Å². The van der Waals surface area contributed by atoms with Crippen molar-refractivity contribution in [1.29, 1.82) is 0 Å². The molecule has 0 rings (SSSR count). The minimum atomic E-state index is -5.39. The highest BCUT2D eigenvalue weighted by Gasteiger charge is 2.64. The predicted octanol–water partition coefficient (Wildman–Crippen LogP) is 5.37. The number of halogens is 8. The third kappa shape index (κ3) is 7.49. The van der Waals surface area contributed by atoms with Gasteiger partial charge in [-0.05, 0) is 19.8 Å². The Balaban J connectivity index is 4.84. The zero-order valence-corrected chi connectivity index (χ0v) is 14.5. The second-order valence-electron chi connectivity index (χ2n) is 5.27. The van der Waals surface area contributed by atoms with E-state index in [1.54, 1.807) is 13.8 Å². The van der Waals surface area contributed by atoms with E-state index < -0.39 is 43.9 Å². The van der Waals surface area contributed by atoms with Crippen LogP contribution < -0.4 is 0 Å². The SMILES string of the molecule is CCCCOC(F)(F)C(F)(F)OC(C)OC(F)(F)C(F)(F)OCCCC. The summed E-state index contributed by atoms with van der Waals surface area (Å²) in [5, 5.41) is 0. The lowest BCUT2D eigenvalue weighted by atomic mass is 10.4. The molecule has 158 valence electrons. The fraction of sp³-hybridized carbons (Fsp3) is 1.00. The first-order valence-corrected chi connectivity index (χ1v) is 7.87. The van der Waals surface area contributed by atoms with E-state index in [2.05, 4.69) is 18.9 Å². The van der Waals surface area contributed by atoms with Gasteiger partial charge in [0.15, 0.2) is 6.29 Å². The van der Waals surface area contributed by atoms with Crippen LogP contribution in [-0.4, -0.2) is 43.9 Å². The van der Waals surface area contributed by atoms with Crippen LogP contribution >= 0.6 is 0 Å². The molecule has 0 spiro atoms. The van der Waals surface area contributed by atoms with Gasteiger partial charge in [0.25, 0.3) is 0 Å². The zero-order valence-electron chi connectivity index (χ0n) is 14.5. The molecular weight excluding hydrogens is 384 g/mol.